The number of nitrogens with one attached hydrogen (secondary N) is 3. The molecule has 11 nitrogen and oxygen atoms in total. The van der Waals surface area contributed by atoms with Gasteiger partial charge in [0.15, 0.2) is 0 Å². The lowest BCUT2D eigenvalue weighted by atomic mass is 9.81. The Kier molecular flexibility index (Phi) is 7.76. The van der Waals surface area contributed by atoms with Crippen molar-refractivity contribution in [2.24, 2.45) is 17.4 Å². The topological polar surface area (TPSA) is 211 Å². The van der Waals surface area contributed by atoms with Crippen LogP contribution in [0.2, 0.25) is 0 Å². The number of hydrogen-bond donors (Lipinski definition) is 8. The minimum Gasteiger partial charge on any atom is -0.507 e. The molecular weight excluding hydrogens is 524 g/mol. The van der Waals surface area contributed by atoms with Gasteiger partial charge in [0.05, 0.1) is 34.0 Å². The van der Waals surface area contributed by atoms with Gasteiger partial charge in [-0.25, -0.2) is 4.98 Å². The summed E-state index contributed by atoms with van der Waals surface area (Å²) in [7, 11) is 0. The van der Waals surface area contributed by atoms with Gasteiger partial charge < -0.3 is 37.1 Å². The number of fused-ring (bicyclic) bond motifs is 1. The average molecular weight is 559 g/mol. The van der Waals surface area contributed by atoms with Crippen LogP contribution in [0.25, 0.3) is 33.5 Å². The van der Waals surface area contributed by atoms with Gasteiger partial charge in [-0.15, -0.1) is 0 Å². The highest BCUT2D eigenvalue weighted by Crippen LogP contribution is 2.44. The van der Waals surface area contributed by atoms with Gasteiger partial charge in [-0.1, -0.05) is 13.0 Å². The fourth-order valence-corrected chi connectivity index (χ4v) is 4.31. The Hall–Kier alpha value is -4.90. The van der Waals surface area contributed by atoms with Gasteiger partial charge in [0.25, 0.3) is 0 Å². The van der Waals surface area contributed by atoms with Crippen LogP contribution in [0.15, 0.2) is 48.5 Å². The Bertz CT molecular complexity index is 1670. The first kappa shape index (κ1) is 29.1. The Morgan fingerprint density at radius 2 is 1.71 bits per heavy atom. The number of nitrogens with two attached hydrogens (primary N) is 2. The van der Waals surface area contributed by atoms with Crippen LogP contribution in [0.1, 0.15) is 44.4 Å². The second-order valence-electron chi connectivity index (χ2n) is 10.7. The summed E-state index contributed by atoms with van der Waals surface area (Å²) in [5.41, 5.74) is 13.7. The predicted octanol–water partition coefficient (Wildman–Crippen LogP) is 2.99. The largest absolute Gasteiger partial charge is 0.507 e. The highest BCUT2D eigenvalue weighted by Gasteiger charge is 2.31. The highest BCUT2D eigenvalue weighted by atomic mass is 16.3. The second-order valence-corrected chi connectivity index (χ2v) is 10.7. The number of hydrogen-bond acceptors (Lipinski definition) is 7. The normalized spacial score (nSPS) is 13.1. The minimum atomic E-state index is -1.15. The molecule has 0 saturated carbocycles. The Balaban J connectivity index is 1.86. The number of aromatic amines is 1. The third kappa shape index (κ3) is 5.71. The Morgan fingerprint density at radius 1 is 1.02 bits per heavy atom. The molecule has 2 atom stereocenters. The van der Waals surface area contributed by atoms with Crippen molar-refractivity contribution in [2.75, 3.05) is 0 Å². The standard InChI is InChI=1S/C30H34N6O5/c1-14(15(2)37)28(40)34-13-16-5-8-24(38)19(9-16)20-11-18(30(3,4)29(33)41)12-21(25(20)39)27-35-22-7-6-17(26(31)32)10-23(22)36-27/h5-12,14-15,37-39H,13H2,1-4H3,(H3,31,32)(H2,33,41)(H,34,40)(H,35,36)/t14-,15-/m0/s1. The first-order valence-corrected chi connectivity index (χ1v) is 13.0. The molecule has 0 unspecified atom stereocenters. The highest BCUT2D eigenvalue weighted by molar-refractivity contribution is 5.98. The average Bonchev–Trinajstić information content (AvgIpc) is 3.35. The third-order valence-corrected chi connectivity index (χ3v) is 7.45. The van der Waals surface area contributed by atoms with E-state index < -0.39 is 23.3 Å². The van der Waals surface area contributed by atoms with Crippen molar-refractivity contribution in [3.8, 4) is 34.0 Å². The van der Waals surface area contributed by atoms with E-state index in [1.54, 1.807) is 63.2 Å². The van der Waals surface area contributed by atoms with E-state index in [1.165, 1.54) is 13.0 Å². The van der Waals surface area contributed by atoms with E-state index in [1.807, 2.05) is 0 Å². The van der Waals surface area contributed by atoms with Gasteiger partial charge in [-0.05, 0) is 74.4 Å². The molecule has 4 rings (SSSR count). The zero-order valence-corrected chi connectivity index (χ0v) is 23.2. The number of phenols is 2. The summed E-state index contributed by atoms with van der Waals surface area (Å²) in [5.74, 6) is -1.70. The smallest absolute Gasteiger partial charge is 0.227 e. The molecule has 0 aliphatic carbocycles. The van der Waals surface area contributed by atoms with Crippen LogP contribution in [-0.4, -0.2) is 49.0 Å². The van der Waals surface area contributed by atoms with Crippen LogP contribution in [0.4, 0.5) is 0 Å². The van der Waals surface area contributed by atoms with E-state index in [4.69, 9.17) is 16.9 Å². The maximum Gasteiger partial charge on any atom is 0.227 e. The number of carbonyl (C=O) groups is 2. The number of phenolic OH excluding ortho intramolecular Hbond substituents is 2. The number of primary amides is 1. The van der Waals surface area contributed by atoms with E-state index >= 15 is 0 Å². The molecule has 0 aliphatic heterocycles. The lowest BCUT2D eigenvalue weighted by Crippen LogP contribution is -2.35. The molecule has 2 amide bonds. The van der Waals surface area contributed by atoms with Gasteiger partial charge in [0, 0.05) is 23.2 Å². The summed E-state index contributed by atoms with van der Waals surface area (Å²) >= 11 is 0. The number of imidazole rings is 1. The van der Waals surface area contributed by atoms with Crippen molar-refractivity contribution in [1.29, 1.82) is 5.41 Å². The predicted molar refractivity (Wildman–Crippen MR) is 156 cm³/mol. The van der Waals surface area contributed by atoms with Crippen LogP contribution in [-0.2, 0) is 21.5 Å². The fraction of sp³-hybridized carbons (Fsp3) is 0.267. The van der Waals surface area contributed by atoms with E-state index in [2.05, 4.69) is 15.3 Å². The zero-order chi connectivity index (χ0) is 30.2. The molecule has 0 fully saturated rings. The molecule has 0 aliphatic rings. The quantitative estimate of drug-likeness (QED) is 0.113. The van der Waals surface area contributed by atoms with E-state index in [-0.39, 0.29) is 52.3 Å². The van der Waals surface area contributed by atoms with Crippen LogP contribution in [0.3, 0.4) is 0 Å². The number of amides is 2. The SMILES string of the molecule is C[C@H](O)[C@H](C)C(=O)NCc1ccc(O)c(-c2cc(C(C)(C)C(N)=O)cc(-c3nc4ccc(C(=N)N)cc4[nH]3)c2O)c1. The van der Waals surface area contributed by atoms with Crippen molar-refractivity contribution in [3.63, 3.8) is 0 Å². The number of aromatic hydroxyl groups is 2. The fourth-order valence-electron chi connectivity index (χ4n) is 4.31. The molecule has 0 spiro atoms. The number of nitrogens with zero attached hydrogens (tertiary/aromatic N) is 1. The maximum absolute atomic E-state index is 12.4. The number of amidine groups is 1. The minimum absolute atomic E-state index is 0.106. The summed E-state index contributed by atoms with van der Waals surface area (Å²) in [6, 6.07) is 12.9. The molecule has 11 heteroatoms. The molecule has 214 valence electrons. The number of aliphatic hydroxyl groups excluding tert-OH is 1. The molecular formula is C30H34N6O5. The number of H-pyrrole nitrogens is 1. The zero-order valence-electron chi connectivity index (χ0n) is 23.2. The first-order chi connectivity index (χ1) is 19.2. The molecule has 10 N–H and O–H groups in total. The van der Waals surface area contributed by atoms with Crippen molar-refractivity contribution in [1.82, 2.24) is 15.3 Å². The number of nitrogen functional groups attached to an aromatic ring is 1. The van der Waals surface area contributed by atoms with Gasteiger partial charge in [0.1, 0.15) is 23.2 Å². The molecule has 3 aromatic carbocycles. The summed E-state index contributed by atoms with van der Waals surface area (Å²) in [6.07, 6.45) is -0.815. The first-order valence-electron chi connectivity index (χ1n) is 13.0. The number of carbonyl (C=O) groups excluding carboxylic acids is 2. The third-order valence-electron chi connectivity index (χ3n) is 7.45. The van der Waals surface area contributed by atoms with Crippen molar-refractivity contribution < 1.29 is 24.9 Å². The van der Waals surface area contributed by atoms with E-state index in [9.17, 15) is 24.9 Å². The summed E-state index contributed by atoms with van der Waals surface area (Å²) in [4.78, 5) is 32.5. The molecule has 0 bridgehead atoms. The molecule has 1 aromatic heterocycles. The van der Waals surface area contributed by atoms with Crippen LogP contribution in [0, 0.1) is 11.3 Å². The summed E-state index contributed by atoms with van der Waals surface area (Å²) in [6.45, 7) is 6.58. The molecule has 41 heavy (non-hydrogen) atoms. The molecule has 0 saturated heterocycles. The monoisotopic (exact) mass is 558 g/mol. The second kappa shape index (κ2) is 10.9. The Labute approximate surface area is 236 Å². The van der Waals surface area contributed by atoms with Crippen molar-refractivity contribution >= 4 is 28.7 Å². The van der Waals surface area contributed by atoms with Crippen LogP contribution < -0.4 is 16.8 Å². The Morgan fingerprint density at radius 3 is 2.34 bits per heavy atom. The number of aromatic nitrogens is 2. The lowest BCUT2D eigenvalue weighted by molar-refractivity contribution is -0.127. The number of rotatable bonds is 9. The summed E-state index contributed by atoms with van der Waals surface area (Å²) < 4.78 is 0. The maximum atomic E-state index is 12.4. The number of benzene rings is 3. The van der Waals surface area contributed by atoms with E-state index in [0.717, 1.165) is 0 Å². The lowest BCUT2D eigenvalue weighted by Gasteiger charge is -2.24. The van der Waals surface area contributed by atoms with Gasteiger partial charge in [-0.2, -0.15) is 0 Å². The number of aliphatic hydroxyl groups is 1. The van der Waals surface area contributed by atoms with Gasteiger partial charge in [-0.3, -0.25) is 15.0 Å². The van der Waals surface area contributed by atoms with Gasteiger partial charge >= 0.3 is 0 Å². The van der Waals surface area contributed by atoms with Crippen LogP contribution >= 0.6 is 0 Å². The molecule has 4 aromatic rings. The van der Waals surface area contributed by atoms with E-state index in [0.29, 0.717) is 27.7 Å². The van der Waals surface area contributed by atoms with Gasteiger partial charge in [0.2, 0.25) is 11.8 Å². The molecule has 0 radical (unpaired) electrons. The van der Waals surface area contributed by atoms with Crippen molar-refractivity contribution in [3.05, 3.63) is 65.2 Å². The molecule has 1 heterocycles. The van der Waals surface area contributed by atoms with Crippen LogP contribution in [0.5, 0.6) is 11.5 Å². The van der Waals surface area contributed by atoms with Crippen molar-refractivity contribution in [2.45, 2.75) is 45.8 Å². The summed E-state index contributed by atoms with van der Waals surface area (Å²) in [5, 5.41) is 42.5.